The second-order valence-corrected chi connectivity index (χ2v) is 5.74. The van der Waals surface area contributed by atoms with E-state index < -0.39 is 0 Å². The number of hydrogen-bond donors (Lipinski definition) is 2. The Morgan fingerprint density at radius 2 is 2.33 bits per heavy atom. The lowest BCUT2D eigenvalue weighted by atomic mass is 9.95. The van der Waals surface area contributed by atoms with Crippen molar-refractivity contribution < 1.29 is 4.74 Å². The first-order valence-electron chi connectivity index (χ1n) is 6.53. The van der Waals surface area contributed by atoms with Gasteiger partial charge in [-0.15, -0.1) is 0 Å². The van der Waals surface area contributed by atoms with Crippen molar-refractivity contribution in [1.29, 1.82) is 0 Å². The van der Waals surface area contributed by atoms with Gasteiger partial charge < -0.3 is 15.8 Å². The molecule has 1 aliphatic rings. The molecule has 1 aliphatic heterocycles. The smallest absolute Gasteiger partial charge is 0.133 e. The summed E-state index contributed by atoms with van der Waals surface area (Å²) in [5.41, 5.74) is 7.45. The van der Waals surface area contributed by atoms with E-state index in [1.54, 1.807) is 7.11 Å². The molecular formula is C14H21BrN2O. The standard InChI is InChI=1S/C14H21BrN2O/c1-18-14-6-5-10(8-12(14)15)13(16)9-11-4-2-3-7-17-11/h5-6,8,11,13,17H,2-4,7,9,16H2,1H3. The minimum atomic E-state index is 0.0859. The molecule has 18 heavy (non-hydrogen) atoms. The van der Waals surface area contributed by atoms with Gasteiger partial charge in [-0.05, 0) is 59.4 Å². The van der Waals surface area contributed by atoms with Crippen molar-refractivity contribution in [3.63, 3.8) is 0 Å². The molecule has 0 spiro atoms. The van der Waals surface area contributed by atoms with Gasteiger partial charge in [0.15, 0.2) is 0 Å². The van der Waals surface area contributed by atoms with E-state index in [1.165, 1.54) is 19.3 Å². The number of methoxy groups -OCH3 is 1. The van der Waals surface area contributed by atoms with Crippen molar-refractivity contribution in [3.05, 3.63) is 28.2 Å². The first-order valence-corrected chi connectivity index (χ1v) is 7.32. The van der Waals surface area contributed by atoms with Gasteiger partial charge in [-0.1, -0.05) is 12.5 Å². The second kappa shape index (κ2) is 6.55. The number of ether oxygens (including phenoxy) is 1. The molecule has 2 atom stereocenters. The fourth-order valence-electron chi connectivity index (χ4n) is 2.48. The maximum absolute atomic E-state index is 6.28. The van der Waals surface area contributed by atoms with Crippen LogP contribution in [0.25, 0.3) is 0 Å². The van der Waals surface area contributed by atoms with Crippen LogP contribution in [-0.2, 0) is 0 Å². The Hall–Kier alpha value is -0.580. The minimum Gasteiger partial charge on any atom is -0.496 e. The van der Waals surface area contributed by atoms with Crippen LogP contribution in [-0.4, -0.2) is 19.7 Å². The summed E-state index contributed by atoms with van der Waals surface area (Å²) in [5, 5.41) is 3.54. The third kappa shape index (κ3) is 3.46. The van der Waals surface area contributed by atoms with E-state index in [0.717, 1.165) is 28.8 Å². The molecule has 4 heteroatoms. The van der Waals surface area contributed by atoms with Crippen LogP contribution >= 0.6 is 15.9 Å². The van der Waals surface area contributed by atoms with Crippen LogP contribution in [0.5, 0.6) is 5.75 Å². The van der Waals surface area contributed by atoms with Crippen LogP contribution in [0.4, 0.5) is 0 Å². The molecule has 1 saturated heterocycles. The molecule has 1 aromatic carbocycles. The summed E-state index contributed by atoms with van der Waals surface area (Å²) in [6, 6.07) is 6.73. The van der Waals surface area contributed by atoms with E-state index in [-0.39, 0.29) is 6.04 Å². The SMILES string of the molecule is COc1ccc(C(N)CC2CCCCN2)cc1Br. The highest BCUT2D eigenvalue weighted by Gasteiger charge is 2.17. The summed E-state index contributed by atoms with van der Waals surface area (Å²) in [5.74, 6) is 0.849. The lowest BCUT2D eigenvalue weighted by Gasteiger charge is -2.26. The van der Waals surface area contributed by atoms with E-state index in [0.29, 0.717) is 6.04 Å². The fraction of sp³-hybridized carbons (Fsp3) is 0.571. The maximum Gasteiger partial charge on any atom is 0.133 e. The molecule has 0 aliphatic carbocycles. The van der Waals surface area contributed by atoms with Crippen molar-refractivity contribution in [2.24, 2.45) is 5.73 Å². The van der Waals surface area contributed by atoms with Crippen molar-refractivity contribution in [2.45, 2.75) is 37.8 Å². The third-order valence-electron chi connectivity index (χ3n) is 3.55. The van der Waals surface area contributed by atoms with Crippen LogP contribution in [0, 0.1) is 0 Å². The zero-order valence-corrected chi connectivity index (χ0v) is 12.4. The van der Waals surface area contributed by atoms with Crippen molar-refractivity contribution in [2.75, 3.05) is 13.7 Å². The monoisotopic (exact) mass is 312 g/mol. The Morgan fingerprint density at radius 3 is 2.94 bits per heavy atom. The maximum atomic E-state index is 6.28. The van der Waals surface area contributed by atoms with E-state index in [2.05, 4.69) is 33.4 Å². The Labute approximate surface area is 117 Å². The van der Waals surface area contributed by atoms with Gasteiger partial charge in [0.2, 0.25) is 0 Å². The van der Waals surface area contributed by atoms with E-state index in [4.69, 9.17) is 10.5 Å². The average molecular weight is 313 g/mol. The van der Waals surface area contributed by atoms with Gasteiger partial charge in [0.25, 0.3) is 0 Å². The van der Waals surface area contributed by atoms with Crippen LogP contribution in [0.1, 0.15) is 37.3 Å². The highest BCUT2D eigenvalue weighted by Crippen LogP contribution is 2.29. The quantitative estimate of drug-likeness (QED) is 0.898. The Morgan fingerprint density at radius 1 is 1.50 bits per heavy atom. The number of halogens is 1. The lowest BCUT2D eigenvalue weighted by Crippen LogP contribution is -2.36. The molecule has 3 N–H and O–H groups in total. The molecule has 0 saturated carbocycles. The lowest BCUT2D eigenvalue weighted by molar-refractivity contribution is 0.362. The summed E-state index contributed by atoms with van der Waals surface area (Å²) in [4.78, 5) is 0. The summed E-state index contributed by atoms with van der Waals surface area (Å²) in [7, 11) is 1.67. The minimum absolute atomic E-state index is 0.0859. The number of nitrogens with one attached hydrogen (secondary N) is 1. The largest absolute Gasteiger partial charge is 0.496 e. The second-order valence-electron chi connectivity index (χ2n) is 4.88. The number of piperidine rings is 1. The molecule has 1 heterocycles. The molecule has 1 fully saturated rings. The average Bonchev–Trinajstić information content (AvgIpc) is 2.39. The molecule has 0 aromatic heterocycles. The van der Waals surface area contributed by atoms with E-state index in [9.17, 15) is 0 Å². The Balaban J connectivity index is 1.99. The summed E-state index contributed by atoms with van der Waals surface area (Å²) < 4.78 is 6.20. The predicted molar refractivity (Wildman–Crippen MR) is 77.9 cm³/mol. The van der Waals surface area contributed by atoms with Crippen LogP contribution in [0.15, 0.2) is 22.7 Å². The zero-order valence-electron chi connectivity index (χ0n) is 10.8. The van der Waals surface area contributed by atoms with Gasteiger partial charge in [0, 0.05) is 12.1 Å². The molecular weight excluding hydrogens is 292 g/mol. The Bertz CT molecular complexity index is 391. The highest BCUT2D eigenvalue weighted by atomic mass is 79.9. The van der Waals surface area contributed by atoms with Crippen LogP contribution in [0.3, 0.4) is 0 Å². The summed E-state index contributed by atoms with van der Waals surface area (Å²) in [6.07, 6.45) is 4.85. The van der Waals surface area contributed by atoms with Gasteiger partial charge in [-0.3, -0.25) is 0 Å². The van der Waals surface area contributed by atoms with Crippen LogP contribution in [0.2, 0.25) is 0 Å². The van der Waals surface area contributed by atoms with E-state index >= 15 is 0 Å². The topological polar surface area (TPSA) is 47.3 Å². The van der Waals surface area contributed by atoms with Gasteiger partial charge in [-0.2, -0.15) is 0 Å². The molecule has 3 nitrogen and oxygen atoms in total. The highest BCUT2D eigenvalue weighted by molar-refractivity contribution is 9.10. The van der Waals surface area contributed by atoms with E-state index in [1.807, 2.05) is 6.07 Å². The van der Waals surface area contributed by atoms with Gasteiger partial charge in [0.05, 0.1) is 11.6 Å². The predicted octanol–water partition coefficient (Wildman–Crippen LogP) is 2.99. The Kier molecular flexibility index (Phi) is 5.03. The van der Waals surface area contributed by atoms with Gasteiger partial charge in [0.1, 0.15) is 5.75 Å². The van der Waals surface area contributed by atoms with Crippen molar-refractivity contribution in [1.82, 2.24) is 5.32 Å². The van der Waals surface area contributed by atoms with Crippen molar-refractivity contribution in [3.8, 4) is 5.75 Å². The molecule has 2 rings (SSSR count). The van der Waals surface area contributed by atoms with Crippen molar-refractivity contribution >= 4 is 15.9 Å². The fourth-order valence-corrected chi connectivity index (χ4v) is 3.04. The number of rotatable bonds is 4. The number of benzene rings is 1. The van der Waals surface area contributed by atoms with Crippen LogP contribution < -0.4 is 15.8 Å². The zero-order chi connectivity index (χ0) is 13.0. The number of nitrogens with two attached hydrogens (primary N) is 1. The molecule has 2 unspecified atom stereocenters. The number of hydrogen-bond acceptors (Lipinski definition) is 3. The summed E-state index contributed by atoms with van der Waals surface area (Å²) in [6.45, 7) is 1.13. The summed E-state index contributed by atoms with van der Waals surface area (Å²) >= 11 is 3.50. The van der Waals surface area contributed by atoms with Gasteiger partial charge >= 0.3 is 0 Å². The first-order chi connectivity index (χ1) is 8.70. The normalized spacial score (nSPS) is 21.6. The third-order valence-corrected chi connectivity index (χ3v) is 4.17. The molecule has 0 amide bonds. The molecule has 100 valence electrons. The molecule has 1 aromatic rings. The van der Waals surface area contributed by atoms with Gasteiger partial charge in [-0.25, -0.2) is 0 Å². The first kappa shape index (κ1) is 13.8. The molecule has 0 bridgehead atoms. The molecule has 0 radical (unpaired) electrons.